The lowest BCUT2D eigenvalue weighted by atomic mass is 10.1. The highest BCUT2D eigenvalue weighted by Gasteiger charge is 2.23. The summed E-state index contributed by atoms with van der Waals surface area (Å²) in [5, 5.41) is 4.49. The van der Waals surface area contributed by atoms with Crippen molar-refractivity contribution in [3.05, 3.63) is 29.0 Å². The highest BCUT2D eigenvalue weighted by molar-refractivity contribution is 7.14. The molecule has 3 heterocycles. The van der Waals surface area contributed by atoms with Gasteiger partial charge in [-0.3, -0.25) is 4.90 Å². The van der Waals surface area contributed by atoms with Gasteiger partial charge >= 0.3 is 0 Å². The van der Waals surface area contributed by atoms with E-state index < -0.39 is 0 Å². The Hall–Kier alpha value is -0.880. The van der Waals surface area contributed by atoms with E-state index in [0.29, 0.717) is 12.1 Å². The Morgan fingerprint density at radius 2 is 2.24 bits per heavy atom. The standard InChI is InChI=1S/C15H21N3OS.ClH/c1-10-8-18(11(2)6-16-10)9-13-7-17-15(20-13)14-5-4-12(3)19-14;/h4-5,7,10-11,16H,6,8-9H2,1-3H3;1H. The van der Waals surface area contributed by atoms with Gasteiger partial charge in [-0.1, -0.05) is 0 Å². The lowest BCUT2D eigenvalue weighted by Gasteiger charge is -2.37. The van der Waals surface area contributed by atoms with Crippen LogP contribution < -0.4 is 5.32 Å². The smallest absolute Gasteiger partial charge is 0.162 e. The zero-order valence-electron chi connectivity index (χ0n) is 12.6. The Labute approximate surface area is 136 Å². The molecule has 2 aromatic heterocycles. The second-order valence-corrected chi connectivity index (χ2v) is 6.74. The van der Waals surface area contributed by atoms with Crippen LogP contribution in [0.2, 0.25) is 0 Å². The van der Waals surface area contributed by atoms with Gasteiger partial charge in [-0.05, 0) is 32.9 Å². The second-order valence-electron chi connectivity index (χ2n) is 5.63. The van der Waals surface area contributed by atoms with Gasteiger partial charge in [-0.15, -0.1) is 23.7 Å². The zero-order chi connectivity index (χ0) is 14.1. The van der Waals surface area contributed by atoms with E-state index in [2.05, 4.69) is 29.0 Å². The Bertz CT molecular complexity index is 583. The Kier molecular flexibility index (Phi) is 5.43. The summed E-state index contributed by atoms with van der Waals surface area (Å²) in [6.45, 7) is 9.60. The van der Waals surface area contributed by atoms with Gasteiger partial charge in [0, 0.05) is 42.8 Å². The third kappa shape index (κ3) is 3.86. The molecule has 0 aliphatic carbocycles. The molecule has 6 heteroatoms. The van der Waals surface area contributed by atoms with Crippen molar-refractivity contribution in [2.24, 2.45) is 0 Å². The number of halogens is 1. The number of aryl methyl sites for hydroxylation is 1. The molecule has 0 bridgehead atoms. The molecule has 1 saturated heterocycles. The molecule has 21 heavy (non-hydrogen) atoms. The summed E-state index contributed by atoms with van der Waals surface area (Å²) in [7, 11) is 0. The first-order valence-electron chi connectivity index (χ1n) is 7.11. The van der Waals surface area contributed by atoms with E-state index in [1.807, 2.05) is 25.3 Å². The third-order valence-corrected chi connectivity index (χ3v) is 4.75. The quantitative estimate of drug-likeness (QED) is 0.939. The first-order chi connectivity index (χ1) is 9.61. The predicted octanol–water partition coefficient (Wildman–Crippen LogP) is 3.32. The van der Waals surface area contributed by atoms with Gasteiger partial charge in [0.1, 0.15) is 5.76 Å². The maximum absolute atomic E-state index is 5.64. The molecule has 1 fully saturated rings. The van der Waals surface area contributed by atoms with Crippen LogP contribution in [0.5, 0.6) is 0 Å². The van der Waals surface area contributed by atoms with Gasteiger partial charge in [0.25, 0.3) is 0 Å². The number of rotatable bonds is 3. The molecule has 2 aromatic rings. The fraction of sp³-hybridized carbons (Fsp3) is 0.533. The number of nitrogens with one attached hydrogen (secondary N) is 1. The van der Waals surface area contributed by atoms with Gasteiger partial charge in [0.05, 0.1) is 0 Å². The molecule has 0 saturated carbocycles. The summed E-state index contributed by atoms with van der Waals surface area (Å²) >= 11 is 1.73. The molecule has 4 nitrogen and oxygen atoms in total. The van der Waals surface area contributed by atoms with E-state index in [4.69, 9.17) is 4.42 Å². The lowest BCUT2D eigenvalue weighted by molar-refractivity contribution is 0.140. The van der Waals surface area contributed by atoms with E-state index in [0.717, 1.165) is 36.2 Å². The fourth-order valence-corrected chi connectivity index (χ4v) is 3.46. The van der Waals surface area contributed by atoms with Crippen molar-refractivity contribution in [1.29, 1.82) is 0 Å². The number of hydrogen-bond donors (Lipinski definition) is 1. The van der Waals surface area contributed by atoms with E-state index in [-0.39, 0.29) is 12.4 Å². The molecule has 0 aromatic carbocycles. The van der Waals surface area contributed by atoms with Gasteiger partial charge in [0.2, 0.25) is 0 Å². The third-order valence-electron chi connectivity index (χ3n) is 3.76. The van der Waals surface area contributed by atoms with Gasteiger partial charge in [-0.25, -0.2) is 4.98 Å². The lowest BCUT2D eigenvalue weighted by Crippen LogP contribution is -2.53. The largest absolute Gasteiger partial charge is 0.459 e. The Morgan fingerprint density at radius 1 is 1.43 bits per heavy atom. The van der Waals surface area contributed by atoms with Crippen LogP contribution in [0, 0.1) is 6.92 Å². The molecule has 1 aliphatic rings. The summed E-state index contributed by atoms with van der Waals surface area (Å²) in [6, 6.07) is 5.11. The van der Waals surface area contributed by atoms with Crippen LogP contribution in [0.4, 0.5) is 0 Å². The number of piperazine rings is 1. The minimum Gasteiger partial charge on any atom is -0.459 e. The average Bonchev–Trinajstić information content (AvgIpc) is 3.03. The van der Waals surface area contributed by atoms with Gasteiger partial charge < -0.3 is 9.73 Å². The van der Waals surface area contributed by atoms with Crippen LogP contribution in [0.1, 0.15) is 24.5 Å². The van der Waals surface area contributed by atoms with E-state index in [1.165, 1.54) is 4.88 Å². The molecule has 116 valence electrons. The van der Waals surface area contributed by atoms with Gasteiger partial charge in [0.15, 0.2) is 10.8 Å². The van der Waals surface area contributed by atoms with Crippen molar-refractivity contribution in [3.63, 3.8) is 0 Å². The maximum atomic E-state index is 5.64. The van der Waals surface area contributed by atoms with Crippen molar-refractivity contribution in [2.45, 2.75) is 39.4 Å². The monoisotopic (exact) mass is 327 g/mol. The van der Waals surface area contributed by atoms with Crippen molar-refractivity contribution in [1.82, 2.24) is 15.2 Å². The normalized spacial score (nSPS) is 23.0. The number of nitrogens with zero attached hydrogens (tertiary/aromatic N) is 2. The summed E-state index contributed by atoms with van der Waals surface area (Å²) in [4.78, 5) is 8.31. The van der Waals surface area contributed by atoms with E-state index in [9.17, 15) is 0 Å². The minimum atomic E-state index is 0. The molecule has 1 N–H and O–H groups in total. The Morgan fingerprint density at radius 3 is 2.95 bits per heavy atom. The zero-order valence-corrected chi connectivity index (χ0v) is 14.3. The maximum Gasteiger partial charge on any atom is 0.162 e. The average molecular weight is 328 g/mol. The molecule has 2 atom stereocenters. The molecular formula is C15H22ClN3OS. The molecule has 0 spiro atoms. The van der Waals surface area contributed by atoms with Crippen LogP contribution in [-0.2, 0) is 6.54 Å². The first-order valence-corrected chi connectivity index (χ1v) is 7.92. The van der Waals surface area contributed by atoms with Crippen molar-refractivity contribution < 1.29 is 4.42 Å². The molecular weight excluding hydrogens is 306 g/mol. The highest BCUT2D eigenvalue weighted by Crippen LogP contribution is 2.28. The number of furan rings is 1. The highest BCUT2D eigenvalue weighted by atomic mass is 35.5. The number of aromatic nitrogens is 1. The van der Waals surface area contributed by atoms with Crippen LogP contribution in [-0.4, -0.2) is 35.1 Å². The Balaban J connectivity index is 0.00000161. The fourth-order valence-electron chi connectivity index (χ4n) is 2.56. The SMILES string of the molecule is Cc1ccc(-c2ncc(CN3CC(C)NCC3C)s2)o1.Cl. The number of thiazole rings is 1. The minimum absolute atomic E-state index is 0. The molecule has 2 unspecified atom stereocenters. The van der Waals surface area contributed by atoms with Crippen molar-refractivity contribution >= 4 is 23.7 Å². The molecule has 3 rings (SSSR count). The molecule has 0 radical (unpaired) electrons. The predicted molar refractivity (Wildman–Crippen MR) is 89.1 cm³/mol. The van der Waals surface area contributed by atoms with Crippen LogP contribution >= 0.6 is 23.7 Å². The van der Waals surface area contributed by atoms with E-state index in [1.54, 1.807) is 11.3 Å². The van der Waals surface area contributed by atoms with Crippen LogP contribution in [0.25, 0.3) is 10.8 Å². The summed E-state index contributed by atoms with van der Waals surface area (Å²) in [6.07, 6.45) is 1.98. The molecule has 1 aliphatic heterocycles. The topological polar surface area (TPSA) is 41.3 Å². The van der Waals surface area contributed by atoms with Crippen molar-refractivity contribution in [3.8, 4) is 10.8 Å². The van der Waals surface area contributed by atoms with Crippen LogP contribution in [0.15, 0.2) is 22.7 Å². The van der Waals surface area contributed by atoms with E-state index >= 15 is 0 Å². The summed E-state index contributed by atoms with van der Waals surface area (Å²) in [5.74, 6) is 1.81. The van der Waals surface area contributed by atoms with Gasteiger partial charge in [-0.2, -0.15) is 0 Å². The summed E-state index contributed by atoms with van der Waals surface area (Å²) in [5.41, 5.74) is 0. The number of hydrogen-bond acceptors (Lipinski definition) is 5. The molecule has 0 amide bonds. The van der Waals surface area contributed by atoms with Crippen LogP contribution in [0.3, 0.4) is 0 Å². The van der Waals surface area contributed by atoms with Crippen molar-refractivity contribution in [2.75, 3.05) is 13.1 Å². The second kappa shape index (κ2) is 6.92. The first kappa shape index (κ1) is 16.5. The summed E-state index contributed by atoms with van der Waals surface area (Å²) < 4.78 is 5.64.